The normalized spacial score (nSPS) is 27.1. The van der Waals surface area contributed by atoms with E-state index in [-0.39, 0.29) is 23.7 Å². The Hall–Kier alpha value is -3.59. The Bertz CT molecular complexity index is 1470. The molecular formula is C35H38N2O3. The highest BCUT2D eigenvalue weighted by Crippen LogP contribution is 2.59. The third kappa shape index (κ3) is 4.60. The molecule has 4 atom stereocenters. The molecule has 0 radical (unpaired) electrons. The van der Waals surface area contributed by atoms with Gasteiger partial charge in [0.25, 0.3) is 5.91 Å². The van der Waals surface area contributed by atoms with Crippen molar-refractivity contribution in [2.45, 2.75) is 68.5 Å². The first-order valence-corrected chi connectivity index (χ1v) is 14.5. The van der Waals surface area contributed by atoms with Gasteiger partial charge in [-0.3, -0.25) is 9.69 Å². The van der Waals surface area contributed by atoms with E-state index in [1.807, 2.05) is 56.4 Å². The number of aliphatic hydroxyl groups is 1. The van der Waals surface area contributed by atoms with Crippen LogP contribution < -0.4 is 0 Å². The molecule has 1 heterocycles. The summed E-state index contributed by atoms with van der Waals surface area (Å²) in [5, 5.41) is 23.1. The van der Waals surface area contributed by atoms with Gasteiger partial charge in [0.1, 0.15) is 5.75 Å². The zero-order valence-electron chi connectivity index (χ0n) is 23.4. The summed E-state index contributed by atoms with van der Waals surface area (Å²) in [5.74, 6) is 5.92. The third-order valence-corrected chi connectivity index (χ3v) is 9.84. The number of likely N-dealkylation sites (tertiary alicyclic amines) is 1. The van der Waals surface area contributed by atoms with Gasteiger partial charge in [0, 0.05) is 42.6 Å². The highest BCUT2D eigenvalue weighted by atomic mass is 16.3. The molecule has 3 aromatic rings. The summed E-state index contributed by atoms with van der Waals surface area (Å²) < 4.78 is 0. The van der Waals surface area contributed by atoms with Gasteiger partial charge >= 0.3 is 0 Å². The Kier molecular flexibility index (Phi) is 6.94. The van der Waals surface area contributed by atoms with Crippen molar-refractivity contribution in [2.75, 3.05) is 20.1 Å². The van der Waals surface area contributed by atoms with Crippen molar-refractivity contribution in [1.82, 2.24) is 9.80 Å². The van der Waals surface area contributed by atoms with Crippen LogP contribution in [0.15, 0.2) is 72.8 Å². The number of amides is 1. The SMILES string of the molecule is Cc1cccc(C#CC(=O)N(C)[C@@H]2CC[C@@]3(O)[C@H]4Cc5ccc(O)cc5[C@@]3(CCN4CCc3ccccc3)C2)c1. The van der Waals surface area contributed by atoms with Gasteiger partial charge in [-0.25, -0.2) is 0 Å². The van der Waals surface area contributed by atoms with E-state index in [9.17, 15) is 15.0 Å². The van der Waals surface area contributed by atoms with Crippen LogP contribution in [0.3, 0.4) is 0 Å². The first-order chi connectivity index (χ1) is 19.3. The second-order valence-electron chi connectivity index (χ2n) is 12.0. The number of nitrogens with zero attached hydrogens (tertiary/aromatic N) is 2. The quantitative estimate of drug-likeness (QED) is 0.480. The van der Waals surface area contributed by atoms with E-state index in [0.29, 0.717) is 12.8 Å². The number of aromatic hydroxyl groups is 1. The first-order valence-electron chi connectivity index (χ1n) is 14.5. The number of hydrogen-bond acceptors (Lipinski definition) is 4. The molecule has 1 saturated heterocycles. The van der Waals surface area contributed by atoms with Crippen LogP contribution in [0.25, 0.3) is 0 Å². The van der Waals surface area contributed by atoms with Crippen molar-refractivity contribution in [2.24, 2.45) is 0 Å². The lowest BCUT2D eigenvalue weighted by atomic mass is 9.48. The number of benzene rings is 3. The van der Waals surface area contributed by atoms with Crippen molar-refractivity contribution < 1.29 is 15.0 Å². The van der Waals surface area contributed by atoms with Crippen LogP contribution >= 0.6 is 0 Å². The summed E-state index contributed by atoms with van der Waals surface area (Å²) in [6.07, 6.45) is 4.51. The lowest BCUT2D eigenvalue weighted by Crippen LogP contribution is -2.74. The lowest BCUT2D eigenvalue weighted by molar-refractivity contribution is -0.176. The molecule has 2 aliphatic carbocycles. The molecule has 206 valence electrons. The Balaban J connectivity index is 1.28. The number of carbonyl (C=O) groups excluding carboxylic acids is 1. The topological polar surface area (TPSA) is 64.0 Å². The van der Waals surface area contributed by atoms with Crippen LogP contribution in [-0.2, 0) is 23.1 Å². The van der Waals surface area contributed by atoms with Crippen LogP contribution in [0.4, 0.5) is 0 Å². The van der Waals surface area contributed by atoms with Crippen LogP contribution in [0, 0.1) is 18.8 Å². The smallest absolute Gasteiger partial charge is 0.298 e. The van der Waals surface area contributed by atoms with E-state index in [1.54, 1.807) is 11.0 Å². The minimum absolute atomic E-state index is 0.00470. The largest absolute Gasteiger partial charge is 0.508 e. The summed E-state index contributed by atoms with van der Waals surface area (Å²) in [6.45, 7) is 3.80. The molecule has 2 N–H and O–H groups in total. The molecule has 40 heavy (non-hydrogen) atoms. The van der Waals surface area contributed by atoms with Crippen molar-refractivity contribution in [3.8, 4) is 17.6 Å². The maximum Gasteiger partial charge on any atom is 0.298 e. The fourth-order valence-corrected chi connectivity index (χ4v) is 7.69. The van der Waals surface area contributed by atoms with Gasteiger partial charge in [0.15, 0.2) is 0 Å². The zero-order valence-corrected chi connectivity index (χ0v) is 23.4. The van der Waals surface area contributed by atoms with Gasteiger partial charge in [0.05, 0.1) is 5.60 Å². The van der Waals surface area contributed by atoms with E-state index in [1.165, 1.54) is 11.1 Å². The molecule has 1 amide bonds. The number of rotatable bonds is 4. The summed E-state index contributed by atoms with van der Waals surface area (Å²) in [5.41, 5.74) is 4.08. The lowest BCUT2D eigenvalue weighted by Gasteiger charge is -2.65. The second-order valence-corrected chi connectivity index (χ2v) is 12.0. The fraction of sp³-hybridized carbons (Fsp3) is 0.400. The van der Waals surface area contributed by atoms with Crippen molar-refractivity contribution in [3.63, 3.8) is 0 Å². The molecule has 3 aromatic carbocycles. The molecule has 1 aliphatic heterocycles. The van der Waals surface area contributed by atoms with Gasteiger partial charge in [-0.1, -0.05) is 54.5 Å². The van der Waals surface area contributed by atoms with Gasteiger partial charge in [-0.2, -0.15) is 0 Å². The molecule has 5 nitrogen and oxygen atoms in total. The second kappa shape index (κ2) is 10.4. The number of piperidine rings is 1. The molecule has 6 rings (SSSR count). The maximum atomic E-state index is 13.2. The van der Waals surface area contributed by atoms with E-state index in [4.69, 9.17) is 0 Å². The fourth-order valence-electron chi connectivity index (χ4n) is 7.69. The van der Waals surface area contributed by atoms with Crippen LogP contribution in [-0.4, -0.2) is 63.7 Å². The number of aryl methyl sites for hydroxylation is 1. The molecular weight excluding hydrogens is 496 g/mol. The highest BCUT2D eigenvalue weighted by Gasteiger charge is 2.64. The molecule has 0 spiro atoms. The average Bonchev–Trinajstić information content (AvgIpc) is 2.96. The minimum Gasteiger partial charge on any atom is -0.508 e. The number of phenolic OH excluding ortho intramolecular Hbond substituents is 1. The molecule has 2 fully saturated rings. The van der Waals surface area contributed by atoms with Crippen molar-refractivity contribution in [3.05, 3.63) is 101 Å². The molecule has 3 aliphatic rings. The first kappa shape index (κ1) is 26.6. The van der Waals surface area contributed by atoms with Crippen LogP contribution in [0.1, 0.15) is 53.5 Å². The van der Waals surface area contributed by atoms with Gasteiger partial charge < -0.3 is 15.1 Å². The number of phenols is 1. The van der Waals surface area contributed by atoms with Crippen LogP contribution in [0.2, 0.25) is 0 Å². The standard InChI is InChI=1S/C35H38N2O3/c1-25-7-6-10-27(21-25)11-14-33(39)36(2)29-15-17-35(40)32-22-28-12-13-30(38)23-31(28)34(35,24-29)18-20-37(32)19-16-26-8-4-3-5-9-26/h3-10,12-13,21,23,29,32,38,40H,15-20,22,24H2,1-2H3/t29-,32-,34-,35-/m1/s1. The van der Waals surface area contributed by atoms with E-state index >= 15 is 0 Å². The molecule has 2 bridgehead atoms. The Morgan fingerprint density at radius 3 is 2.70 bits per heavy atom. The number of carbonyl (C=O) groups is 1. The predicted octanol–water partition coefficient (Wildman–Crippen LogP) is 4.61. The number of hydrogen-bond donors (Lipinski definition) is 2. The summed E-state index contributed by atoms with van der Waals surface area (Å²) in [7, 11) is 1.84. The van der Waals surface area contributed by atoms with Crippen molar-refractivity contribution in [1.29, 1.82) is 0 Å². The molecule has 0 aromatic heterocycles. The zero-order chi connectivity index (χ0) is 27.9. The molecule has 5 heteroatoms. The monoisotopic (exact) mass is 534 g/mol. The minimum atomic E-state index is -0.920. The average molecular weight is 535 g/mol. The van der Waals surface area contributed by atoms with Crippen molar-refractivity contribution >= 4 is 5.91 Å². The Morgan fingerprint density at radius 1 is 1.07 bits per heavy atom. The predicted molar refractivity (Wildman–Crippen MR) is 157 cm³/mol. The van der Waals surface area contributed by atoms with Gasteiger partial charge in [-0.05, 0) is 98.5 Å². The molecule has 1 saturated carbocycles. The summed E-state index contributed by atoms with van der Waals surface area (Å²) in [6, 6.07) is 24.1. The Labute approximate surface area is 237 Å². The summed E-state index contributed by atoms with van der Waals surface area (Å²) in [4.78, 5) is 17.5. The van der Waals surface area contributed by atoms with Crippen LogP contribution in [0.5, 0.6) is 5.75 Å². The van der Waals surface area contributed by atoms with E-state index in [0.717, 1.165) is 55.5 Å². The number of fused-ring (bicyclic) bond motifs is 1. The van der Waals surface area contributed by atoms with Gasteiger partial charge in [0.2, 0.25) is 0 Å². The van der Waals surface area contributed by atoms with E-state index in [2.05, 4.69) is 41.0 Å². The highest BCUT2D eigenvalue weighted by molar-refractivity contribution is 5.94. The maximum absolute atomic E-state index is 13.2. The van der Waals surface area contributed by atoms with E-state index < -0.39 is 11.0 Å². The van der Waals surface area contributed by atoms with Gasteiger partial charge in [-0.15, -0.1) is 0 Å². The summed E-state index contributed by atoms with van der Waals surface area (Å²) >= 11 is 0. The Morgan fingerprint density at radius 2 is 1.90 bits per heavy atom. The third-order valence-electron chi connectivity index (χ3n) is 9.84. The molecule has 0 unspecified atom stereocenters.